The van der Waals surface area contributed by atoms with Crippen LogP contribution in [-0.4, -0.2) is 9.97 Å². The van der Waals surface area contributed by atoms with Crippen molar-refractivity contribution >= 4 is 17.4 Å². The van der Waals surface area contributed by atoms with Gasteiger partial charge in [-0.1, -0.05) is 48.9 Å². The number of halogens is 1. The minimum absolute atomic E-state index is 0.206. The summed E-state index contributed by atoms with van der Waals surface area (Å²) < 4.78 is 0. The molecule has 1 aromatic carbocycles. The summed E-state index contributed by atoms with van der Waals surface area (Å²) in [5.74, 6) is 0.694. The van der Waals surface area contributed by atoms with E-state index in [1.54, 1.807) is 0 Å². The van der Waals surface area contributed by atoms with E-state index in [1.165, 1.54) is 11.9 Å². The first kappa shape index (κ1) is 12.8. The van der Waals surface area contributed by atoms with Gasteiger partial charge < -0.3 is 5.32 Å². The van der Waals surface area contributed by atoms with Crippen molar-refractivity contribution in [1.29, 1.82) is 0 Å². The minimum atomic E-state index is 0.206. The lowest BCUT2D eigenvalue weighted by atomic mass is 10.0. The molecule has 0 spiro atoms. The topological polar surface area (TPSA) is 37.8 Å². The SMILES string of the molecule is CCC(Nc1ncnc(C)c1Cl)c1ccccc1. The molecule has 0 bridgehead atoms. The molecular weight excluding hydrogens is 246 g/mol. The van der Waals surface area contributed by atoms with E-state index in [1.807, 2.05) is 25.1 Å². The lowest BCUT2D eigenvalue weighted by molar-refractivity contribution is 0.743. The van der Waals surface area contributed by atoms with Crippen molar-refractivity contribution in [2.45, 2.75) is 26.3 Å². The lowest BCUT2D eigenvalue weighted by Crippen LogP contribution is -2.11. The van der Waals surface area contributed by atoms with E-state index in [2.05, 4.69) is 34.3 Å². The monoisotopic (exact) mass is 261 g/mol. The molecule has 0 amide bonds. The van der Waals surface area contributed by atoms with Crippen LogP contribution in [0.15, 0.2) is 36.7 Å². The number of aromatic nitrogens is 2. The fourth-order valence-electron chi connectivity index (χ4n) is 1.83. The van der Waals surface area contributed by atoms with Crippen LogP contribution in [0.4, 0.5) is 5.82 Å². The molecular formula is C14H16ClN3. The van der Waals surface area contributed by atoms with E-state index in [0.29, 0.717) is 10.8 Å². The summed E-state index contributed by atoms with van der Waals surface area (Å²) in [4.78, 5) is 8.26. The molecule has 0 aliphatic heterocycles. The van der Waals surface area contributed by atoms with Gasteiger partial charge in [0.1, 0.15) is 17.2 Å². The van der Waals surface area contributed by atoms with Crippen LogP contribution in [0.2, 0.25) is 5.02 Å². The van der Waals surface area contributed by atoms with Gasteiger partial charge in [0.05, 0.1) is 11.7 Å². The molecule has 1 heterocycles. The Morgan fingerprint density at radius 1 is 1.22 bits per heavy atom. The molecule has 0 saturated heterocycles. The summed E-state index contributed by atoms with van der Waals surface area (Å²) in [5.41, 5.74) is 2.02. The van der Waals surface area contributed by atoms with Gasteiger partial charge in [-0.25, -0.2) is 9.97 Å². The number of hydrogen-bond acceptors (Lipinski definition) is 3. The molecule has 0 fully saturated rings. The number of anilines is 1. The molecule has 1 atom stereocenters. The van der Waals surface area contributed by atoms with Crippen LogP contribution in [0.3, 0.4) is 0 Å². The van der Waals surface area contributed by atoms with Crippen molar-refractivity contribution < 1.29 is 0 Å². The Labute approximate surface area is 112 Å². The predicted octanol–water partition coefficient (Wildman–Crippen LogP) is 4.00. The maximum absolute atomic E-state index is 6.19. The fraction of sp³-hybridized carbons (Fsp3) is 0.286. The van der Waals surface area contributed by atoms with Crippen molar-refractivity contribution in [3.05, 3.63) is 52.9 Å². The molecule has 2 rings (SSSR count). The van der Waals surface area contributed by atoms with E-state index >= 15 is 0 Å². The van der Waals surface area contributed by atoms with Crippen LogP contribution >= 0.6 is 11.6 Å². The third kappa shape index (κ3) is 2.79. The number of hydrogen-bond donors (Lipinski definition) is 1. The van der Waals surface area contributed by atoms with Crippen molar-refractivity contribution in [3.63, 3.8) is 0 Å². The minimum Gasteiger partial charge on any atom is -0.362 e. The molecule has 1 unspecified atom stereocenters. The molecule has 2 aromatic rings. The molecule has 1 N–H and O–H groups in total. The first-order valence-corrected chi connectivity index (χ1v) is 6.38. The van der Waals surface area contributed by atoms with Crippen molar-refractivity contribution in [1.82, 2.24) is 9.97 Å². The zero-order chi connectivity index (χ0) is 13.0. The first-order chi connectivity index (χ1) is 8.72. The molecule has 18 heavy (non-hydrogen) atoms. The molecule has 0 aliphatic rings. The van der Waals surface area contributed by atoms with Gasteiger partial charge in [-0.2, -0.15) is 0 Å². The van der Waals surface area contributed by atoms with Crippen LogP contribution in [0.5, 0.6) is 0 Å². The third-order valence-electron chi connectivity index (χ3n) is 2.88. The maximum Gasteiger partial charge on any atom is 0.148 e. The van der Waals surface area contributed by atoms with E-state index in [9.17, 15) is 0 Å². The molecule has 3 nitrogen and oxygen atoms in total. The highest BCUT2D eigenvalue weighted by Gasteiger charge is 2.12. The van der Waals surface area contributed by atoms with Gasteiger partial charge in [-0.3, -0.25) is 0 Å². The second kappa shape index (κ2) is 5.83. The summed E-state index contributed by atoms with van der Waals surface area (Å²) in [5, 5.41) is 3.96. The second-order valence-corrected chi connectivity index (χ2v) is 4.52. The Morgan fingerprint density at radius 2 is 1.94 bits per heavy atom. The van der Waals surface area contributed by atoms with Crippen LogP contribution < -0.4 is 5.32 Å². The van der Waals surface area contributed by atoms with Gasteiger partial charge in [0, 0.05) is 0 Å². The summed E-state index contributed by atoms with van der Waals surface area (Å²) >= 11 is 6.19. The van der Waals surface area contributed by atoms with Crippen LogP contribution in [0.25, 0.3) is 0 Å². The highest BCUT2D eigenvalue weighted by Crippen LogP contribution is 2.27. The van der Waals surface area contributed by atoms with Gasteiger partial charge in [0.15, 0.2) is 0 Å². The van der Waals surface area contributed by atoms with Crippen molar-refractivity contribution in [2.24, 2.45) is 0 Å². The summed E-state index contributed by atoms with van der Waals surface area (Å²) in [7, 11) is 0. The zero-order valence-corrected chi connectivity index (χ0v) is 11.3. The number of rotatable bonds is 4. The highest BCUT2D eigenvalue weighted by atomic mass is 35.5. The average Bonchev–Trinajstić information content (AvgIpc) is 2.41. The Bertz CT molecular complexity index is 514. The van der Waals surface area contributed by atoms with E-state index in [0.717, 1.165) is 12.1 Å². The van der Waals surface area contributed by atoms with Crippen LogP contribution in [0, 0.1) is 6.92 Å². The first-order valence-electron chi connectivity index (χ1n) is 6.01. The fourth-order valence-corrected chi connectivity index (χ4v) is 1.98. The smallest absolute Gasteiger partial charge is 0.148 e. The van der Waals surface area contributed by atoms with E-state index < -0.39 is 0 Å². The Kier molecular flexibility index (Phi) is 4.15. The Morgan fingerprint density at radius 3 is 2.61 bits per heavy atom. The Hall–Kier alpha value is -1.61. The number of aryl methyl sites for hydroxylation is 1. The van der Waals surface area contributed by atoms with Crippen LogP contribution in [-0.2, 0) is 0 Å². The molecule has 1 aromatic heterocycles. The zero-order valence-electron chi connectivity index (χ0n) is 10.5. The average molecular weight is 262 g/mol. The van der Waals surface area contributed by atoms with Crippen molar-refractivity contribution in [2.75, 3.05) is 5.32 Å². The normalized spacial score (nSPS) is 12.2. The molecule has 0 saturated carbocycles. The van der Waals surface area contributed by atoms with E-state index in [-0.39, 0.29) is 6.04 Å². The van der Waals surface area contributed by atoms with Gasteiger partial charge >= 0.3 is 0 Å². The van der Waals surface area contributed by atoms with Gasteiger partial charge in [-0.15, -0.1) is 0 Å². The number of nitrogens with one attached hydrogen (secondary N) is 1. The molecule has 0 aliphatic carbocycles. The molecule has 0 radical (unpaired) electrons. The van der Waals surface area contributed by atoms with Gasteiger partial charge in [0.25, 0.3) is 0 Å². The van der Waals surface area contributed by atoms with Crippen LogP contribution in [0.1, 0.15) is 30.6 Å². The Balaban J connectivity index is 2.24. The largest absolute Gasteiger partial charge is 0.362 e. The standard InChI is InChI=1S/C14H16ClN3/c1-3-12(11-7-5-4-6-8-11)18-14-13(15)10(2)16-9-17-14/h4-9,12H,3H2,1-2H3,(H,16,17,18). The van der Waals surface area contributed by atoms with Crippen molar-refractivity contribution in [3.8, 4) is 0 Å². The number of nitrogens with zero attached hydrogens (tertiary/aromatic N) is 2. The number of benzene rings is 1. The maximum atomic E-state index is 6.19. The third-order valence-corrected chi connectivity index (χ3v) is 3.34. The summed E-state index contributed by atoms with van der Waals surface area (Å²) in [6, 6.07) is 10.5. The lowest BCUT2D eigenvalue weighted by Gasteiger charge is -2.19. The molecule has 94 valence electrons. The summed E-state index contributed by atoms with van der Waals surface area (Å²) in [6.07, 6.45) is 2.49. The predicted molar refractivity (Wildman–Crippen MR) is 74.9 cm³/mol. The summed E-state index contributed by atoms with van der Waals surface area (Å²) in [6.45, 7) is 4.01. The van der Waals surface area contributed by atoms with Gasteiger partial charge in [0.2, 0.25) is 0 Å². The second-order valence-electron chi connectivity index (χ2n) is 4.14. The van der Waals surface area contributed by atoms with Gasteiger partial charge in [-0.05, 0) is 18.9 Å². The van der Waals surface area contributed by atoms with E-state index in [4.69, 9.17) is 11.6 Å². The quantitative estimate of drug-likeness (QED) is 0.904. The molecule has 4 heteroatoms. The highest BCUT2D eigenvalue weighted by molar-refractivity contribution is 6.33.